The minimum absolute atomic E-state index is 0.641. The first kappa shape index (κ1) is 20.0. The number of rotatable bonds is 13. The fraction of sp³-hybridized carbons (Fsp3) is 1.00. The summed E-state index contributed by atoms with van der Waals surface area (Å²) in [5.74, 6) is 1.64. The van der Waals surface area contributed by atoms with Gasteiger partial charge < -0.3 is 0 Å². The maximum absolute atomic E-state index is 6.24. The van der Waals surface area contributed by atoms with Crippen molar-refractivity contribution in [1.29, 1.82) is 0 Å². The summed E-state index contributed by atoms with van der Waals surface area (Å²) in [7, 11) is 4.04. The molecule has 0 unspecified atom stereocenters. The Morgan fingerprint density at radius 1 is 0.842 bits per heavy atom. The summed E-state index contributed by atoms with van der Waals surface area (Å²) < 4.78 is 0. The first-order chi connectivity index (χ1) is 9.15. The lowest BCUT2D eigenvalue weighted by atomic mass is 9.92. The smallest absolute Gasteiger partial charge is 0.0353 e. The van der Waals surface area contributed by atoms with Crippen molar-refractivity contribution in [1.82, 2.24) is 0 Å². The van der Waals surface area contributed by atoms with E-state index in [1.165, 1.54) is 51.4 Å². The maximum Gasteiger partial charge on any atom is 0.0353 e. The van der Waals surface area contributed by atoms with Gasteiger partial charge in [0.25, 0.3) is 0 Å². The summed E-state index contributed by atoms with van der Waals surface area (Å²) in [6.07, 6.45) is 10.9. The highest BCUT2D eigenvalue weighted by Crippen LogP contribution is 2.38. The molecule has 0 aromatic carbocycles. The Morgan fingerprint density at radius 2 is 1.37 bits per heavy atom. The standard InChI is InChI=1S/C16H33ClS2/c1-5-7-9-11-15(12-10-8-6-2)16(13-17)19-18-14(3)4/h14-16H,5-13H2,1-4H3/t16-/m1/s1. The Kier molecular flexibility index (Phi) is 14.7. The zero-order chi connectivity index (χ0) is 14.5. The molecule has 0 N–H and O–H groups in total. The molecule has 0 radical (unpaired) electrons. The van der Waals surface area contributed by atoms with Crippen molar-refractivity contribution < 1.29 is 0 Å². The van der Waals surface area contributed by atoms with E-state index in [-0.39, 0.29) is 0 Å². The van der Waals surface area contributed by atoms with Crippen LogP contribution in [0.25, 0.3) is 0 Å². The van der Waals surface area contributed by atoms with Gasteiger partial charge in [-0.3, -0.25) is 0 Å². The summed E-state index contributed by atoms with van der Waals surface area (Å²) in [6.45, 7) is 9.11. The summed E-state index contributed by atoms with van der Waals surface area (Å²) >= 11 is 6.24. The molecule has 0 nitrogen and oxygen atoms in total. The molecular weight excluding hydrogens is 292 g/mol. The van der Waals surface area contributed by atoms with E-state index in [2.05, 4.69) is 27.7 Å². The monoisotopic (exact) mass is 324 g/mol. The van der Waals surface area contributed by atoms with E-state index in [1.54, 1.807) is 0 Å². The Morgan fingerprint density at radius 3 is 1.74 bits per heavy atom. The van der Waals surface area contributed by atoms with Gasteiger partial charge in [0.05, 0.1) is 0 Å². The predicted octanol–water partition coefficient (Wildman–Crippen LogP) is 7.16. The van der Waals surface area contributed by atoms with E-state index in [1.807, 2.05) is 21.6 Å². The van der Waals surface area contributed by atoms with E-state index in [4.69, 9.17) is 11.6 Å². The minimum Gasteiger partial charge on any atom is -0.125 e. The van der Waals surface area contributed by atoms with Crippen LogP contribution >= 0.6 is 33.2 Å². The normalized spacial score (nSPS) is 13.4. The van der Waals surface area contributed by atoms with Gasteiger partial charge in [-0.25, -0.2) is 0 Å². The van der Waals surface area contributed by atoms with Crippen molar-refractivity contribution in [2.75, 3.05) is 5.88 Å². The lowest BCUT2D eigenvalue weighted by molar-refractivity contribution is 0.410. The second-order valence-corrected chi connectivity index (χ2v) is 9.08. The Balaban J connectivity index is 4.20. The number of alkyl halides is 1. The molecule has 0 spiro atoms. The molecule has 0 heterocycles. The molecule has 0 bridgehead atoms. The van der Waals surface area contributed by atoms with Gasteiger partial charge in [-0.05, 0) is 18.8 Å². The molecule has 0 saturated heterocycles. The molecule has 116 valence electrons. The zero-order valence-corrected chi connectivity index (χ0v) is 15.7. The molecule has 0 aliphatic carbocycles. The van der Waals surface area contributed by atoms with Crippen LogP contribution < -0.4 is 0 Å². The van der Waals surface area contributed by atoms with E-state index in [0.717, 1.165) is 11.8 Å². The van der Waals surface area contributed by atoms with Gasteiger partial charge in [0, 0.05) is 16.4 Å². The maximum atomic E-state index is 6.24. The first-order valence-electron chi connectivity index (χ1n) is 8.03. The van der Waals surface area contributed by atoms with Gasteiger partial charge in [-0.2, -0.15) is 0 Å². The quantitative estimate of drug-likeness (QED) is 0.200. The topological polar surface area (TPSA) is 0 Å². The second-order valence-electron chi connectivity index (χ2n) is 5.69. The molecule has 0 rings (SSSR count). The van der Waals surface area contributed by atoms with Crippen LogP contribution in [0.4, 0.5) is 0 Å². The van der Waals surface area contributed by atoms with Crippen molar-refractivity contribution >= 4 is 33.2 Å². The van der Waals surface area contributed by atoms with E-state index in [0.29, 0.717) is 10.5 Å². The Bertz CT molecular complexity index is 176. The van der Waals surface area contributed by atoms with Crippen molar-refractivity contribution in [2.45, 2.75) is 89.6 Å². The number of hydrogen-bond donors (Lipinski definition) is 0. The molecule has 3 heteroatoms. The molecule has 0 aromatic rings. The van der Waals surface area contributed by atoms with Gasteiger partial charge >= 0.3 is 0 Å². The van der Waals surface area contributed by atoms with Gasteiger partial charge in [-0.15, -0.1) is 11.6 Å². The van der Waals surface area contributed by atoms with Crippen molar-refractivity contribution in [3.63, 3.8) is 0 Å². The summed E-state index contributed by atoms with van der Waals surface area (Å²) in [6, 6.07) is 0. The highest BCUT2D eigenvalue weighted by molar-refractivity contribution is 8.77. The first-order valence-corrected chi connectivity index (χ1v) is 10.8. The van der Waals surface area contributed by atoms with Crippen LogP contribution in [-0.2, 0) is 0 Å². The third kappa shape index (κ3) is 11.3. The lowest BCUT2D eigenvalue weighted by Gasteiger charge is -2.25. The number of unbranched alkanes of at least 4 members (excludes halogenated alkanes) is 4. The van der Waals surface area contributed by atoms with Gasteiger partial charge in [-0.1, -0.05) is 87.8 Å². The number of halogens is 1. The molecule has 0 aliphatic heterocycles. The summed E-state index contributed by atoms with van der Waals surface area (Å²) in [5.41, 5.74) is 0. The van der Waals surface area contributed by atoms with E-state index in [9.17, 15) is 0 Å². The minimum atomic E-state index is 0.641. The predicted molar refractivity (Wildman–Crippen MR) is 96.6 cm³/mol. The zero-order valence-electron chi connectivity index (χ0n) is 13.3. The molecule has 0 fully saturated rings. The van der Waals surface area contributed by atoms with Crippen molar-refractivity contribution in [2.24, 2.45) is 5.92 Å². The highest BCUT2D eigenvalue weighted by Gasteiger charge is 2.21. The second kappa shape index (κ2) is 13.9. The van der Waals surface area contributed by atoms with Crippen LogP contribution in [0.5, 0.6) is 0 Å². The van der Waals surface area contributed by atoms with Crippen LogP contribution in [0.1, 0.15) is 79.1 Å². The average molecular weight is 325 g/mol. The van der Waals surface area contributed by atoms with Crippen molar-refractivity contribution in [3.8, 4) is 0 Å². The van der Waals surface area contributed by atoms with Crippen LogP contribution in [0.2, 0.25) is 0 Å². The van der Waals surface area contributed by atoms with Crippen LogP contribution in [-0.4, -0.2) is 16.4 Å². The molecular formula is C16H33ClS2. The summed E-state index contributed by atoms with van der Waals surface area (Å²) in [4.78, 5) is 0. The van der Waals surface area contributed by atoms with Gasteiger partial charge in [0.2, 0.25) is 0 Å². The third-order valence-corrected chi connectivity index (χ3v) is 7.45. The lowest BCUT2D eigenvalue weighted by Crippen LogP contribution is -2.19. The average Bonchev–Trinajstić information content (AvgIpc) is 2.38. The molecule has 1 atom stereocenters. The van der Waals surface area contributed by atoms with E-state index < -0.39 is 0 Å². The fourth-order valence-corrected chi connectivity index (χ4v) is 5.52. The van der Waals surface area contributed by atoms with E-state index >= 15 is 0 Å². The van der Waals surface area contributed by atoms with Crippen LogP contribution in [0, 0.1) is 5.92 Å². The molecule has 0 saturated carbocycles. The van der Waals surface area contributed by atoms with Crippen LogP contribution in [0.3, 0.4) is 0 Å². The molecule has 0 aromatic heterocycles. The Hall–Kier alpha value is 0.990. The van der Waals surface area contributed by atoms with Gasteiger partial charge in [0.15, 0.2) is 0 Å². The number of hydrogen-bond acceptors (Lipinski definition) is 2. The molecule has 0 aliphatic rings. The van der Waals surface area contributed by atoms with Crippen molar-refractivity contribution in [3.05, 3.63) is 0 Å². The SMILES string of the molecule is CCCCCC(CCCCC)[C@@H](CCl)SSC(C)C. The van der Waals surface area contributed by atoms with Gasteiger partial charge in [0.1, 0.15) is 0 Å². The third-order valence-electron chi connectivity index (χ3n) is 3.41. The molecule has 19 heavy (non-hydrogen) atoms. The molecule has 0 amide bonds. The highest BCUT2D eigenvalue weighted by atomic mass is 35.5. The fourth-order valence-electron chi connectivity index (χ4n) is 2.24. The van der Waals surface area contributed by atoms with Crippen LogP contribution in [0.15, 0.2) is 0 Å². The summed E-state index contributed by atoms with van der Waals surface area (Å²) in [5, 5.41) is 1.34. The largest absolute Gasteiger partial charge is 0.125 e. The Labute approximate surface area is 134 Å².